The second kappa shape index (κ2) is 8.32. The van der Waals surface area contributed by atoms with Gasteiger partial charge in [-0.2, -0.15) is 0 Å². The van der Waals surface area contributed by atoms with Crippen LogP contribution in [0.3, 0.4) is 0 Å². The predicted octanol–water partition coefficient (Wildman–Crippen LogP) is 3.48. The van der Waals surface area contributed by atoms with Gasteiger partial charge in [0, 0.05) is 32.8 Å². The molecule has 0 N–H and O–H groups in total. The van der Waals surface area contributed by atoms with E-state index in [1.54, 1.807) is 0 Å². The highest BCUT2D eigenvalue weighted by Crippen LogP contribution is 2.23. The highest BCUT2D eigenvalue weighted by molar-refractivity contribution is 5.67. The van der Waals surface area contributed by atoms with E-state index in [9.17, 15) is 0 Å². The van der Waals surface area contributed by atoms with E-state index in [1.165, 1.54) is 16.7 Å². The van der Waals surface area contributed by atoms with Crippen molar-refractivity contribution in [3.8, 4) is 0 Å². The molecule has 0 radical (unpaired) electrons. The Kier molecular flexibility index (Phi) is 6.43. The predicted molar refractivity (Wildman–Crippen MR) is 87.3 cm³/mol. The molecular formula is C18H27NO2. The summed E-state index contributed by atoms with van der Waals surface area (Å²) in [6, 6.07) is 8.76. The van der Waals surface area contributed by atoms with Crippen LogP contribution >= 0.6 is 0 Å². The van der Waals surface area contributed by atoms with Crippen molar-refractivity contribution in [1.82, 2.24) is 4.90 Å². The minimum Gasteiger partial charge on any atom is -0.352 e. The molecule has 0 fully saturated rings. The first kappa shape index (κ1) is 16.2. The fraction of sp³-hybridized carbons (Fsp3) is 0.556. The van der Waals surface area contributed by atoms with Gasteiger partial charge in [0.05, 0.1) is 0 Å². The lowest BCUT2D eigenvalue weighted by atomic mass is 9.98. The lowest BCUT2D eigenvalue weighted by Gasteiger charge is -2.29. The monoisotopic (exact) mass is 289 g/mol. The van der Waals surface area contributed by atoms with Gasteiger partial charge < -0.3 is 9.47 Å². The summed E-state index contributed by atoms with van der Waals surface area (Å²) in [7, 11) is 0. The average molecular weight is 289 g/mol. The number of aryl methyl sites for hydroxylation is 1. The summed E-state index contributed by atoms with van der Waals surface area (Å²) in [5.74, 6) is 0. The number of rotatable bonds is 7. The molecule has 0 bridgehead atoms. The molecule has 0 atom stereocenters. The Hall–Kier alpha value is -1.16. The second-order valence-corrected chi connectivity index (χ2v) is 5.45. The van der Waals surface area contributed by atoms with E-state index in [2.05, 4.69) is 42.2 Å². The Morgan fingerprint density at radius 1 is 1.19 bits per heavy atom. The van der Waals surface area contributed by atoms with Crippen molar-refractivity contribution in [2.45, 2.75) is 33.5 Å². The Balaban J connectivity index is 1.92. The molecule has 0 aromatic heterocycles. The number of benzene rings is 1. The molecule has 0 unspecified atom stereocenters. The summed E-state index contributed by atoms with van der Waals surface area (Å²) in [6.45, 7) is 10.4. The first-order valence-electron chi connectivity index (χ1n) is 7.94. The van der Waals surface area contributed by atoms with E-state index in [0.29, 0.717) is 13.2 Å². The zero-order valence-electron chi connectivity index (χ0n) is 13.5. The third-order valence-corrected chi connectivity index (χ3v) is 3.79. The minimum atomic E-state index is -0.103. The minimum absolute atomic E-state index is 0.103. The third kappa shape index (κ3) is 4.95. The van der Waals surface area contributed by atoms with E-state index in [4.69, 9.17) is 9.47 Å². The Labute approximate surface area is 128 Å². The average Bonchev–Trinajstić information content (AvgIpc) is 2.48. The van der Waals surface area contributed by atoms with E-state index < -0.39 is 0 Å². The molecule has 1 aromatic carbocycles. The van der Waals surface area contributed by atoms with E-state index in [-0.39, 0.29) is 6.29 Å². The third-order valence-electron chi connectivity index (χ3n) is 3.79. The summed E-state index contributed by atoms with van der Waals surface area (Å²) in [5.41, 5.74) is 4.14. The fourth-order valence-electron chi connectivity index (χ4n) is 2.72. The molecule has 0 aliphatic carbocycles. The number of hydrogen-bond acceptors (Lipinski definition) is 3. The van der Waals surface area contributed by atoms with Crippen LogP contribution in [0.2, 0.25) is 0 Å². The van der Waals surface area contributed by atoms with E-state index >= 15 is 0 Å². The quantitative estimate of drug-likeness (QED) is 0.717. The van der Waals surface area contributed by atoms with Crippen LogP contribution in [0.15, 0.2) is 30.3 Å². The molecule has 1 aromatic rings. The van der Waals surface area contributed by atoms with Gasteiger partial charge in [0.1, 0.15) is 0 Å². The zero-order valence-corrected chi connectivity index (χ0v) is 13.5. The Morgan fingerprint density at radius 2 is 1.95 bits per heavy atom. The molecule has 1 aliphatic rings. The summed E-state index contributed by atoms with van der Waals surface area (Å²) >= 11 is 0. The number of hydrogen-bond donors (Lipinski definition) is 0. The Morgan fingerprint density at radius 3 is 2.52 bits per heavy atom. The molecule has 0 amide bonds. The lowest BCUT2D eigenvalue weighted by molar-refractivity contribution is -0.146. The first-order chi connectivity index (χ1) is 10.2. The van der Waals surface area contributed by atoms with Crippen LogP contribution in [0.4, 0.5) is 0 Å². The van der Waals surface area contributed by atoms with Crippen molar-refractivity contribution >= 4 is 5.57 Å². The normalized spacial score (nSPS) is 16.3. The van der Waals surface area contributed by atoms with Crippen LogP contribution < -0.4 is 0 Å². The van der Waals surface area contributed by atoms with Crippen molar-refractivity contribution in [1.29, 1.82) is 0 Å². The molecule has 0 saturated heterocycles. The molecule has 21 heavy (non-hydrogen) atoms. The maximum absolute atomic E-state index is 5.63. The van der Waals surface area contributed by atoms with Gasteiger partial charge in [-0.3, -0.25) is 4.90 Å². The molecule has 3 nitrogen and oxygen atoms in total. The van der Waals surface area contributed by atoms with E-state index in [0.717, 1.165) is 26.1 Å². The number of ether oxygens (including phenoxy) is 2. The van der Waals surface area contributed by atoms with Crippen LogP contribution in [0.25, 0.3) is 5.57 Å². The maximum atomic E-state index is 5.63. The molecule has 1 heterocycles. The summed E-state index contributed by atoms with van der Waals surface area (Å²) in [5, 5.41) is 0. The topological polar surface area (TPSA) is 21.7 Å². The summed E-state index contributed by atoms with van der Waals surface area (Å²) < 4.78 is 11.3. The van der Waals surface area contributed by atoms with Crippen LogP contribution in [-0.4, -0.2) is 44.0 Å². The summed E-state index contributed by atoms with van der Waals surface area (Å²) in [4.78, 5) is 2.40. The molecule has 1 aliphatic heterocycles. The number of nitrogens with zero attached hydrogens (tertiary/aromatic N) is 1. The molecule has 116 valence electrons. The molecule has 2 rings (SSSR count). The van der Waals surface area contributed by atoms with Crippen molar-refractivity contribution < 1.29 is 9.47 Å². The van der Waals surface area contributed by atoms with Gasteiger partial charge in [0.15, 0.2) is 6.29 Å². The zero-order chi connectivity index (χ0) is 15.1. The smallest absolute Gasteiger partial charge is 0.170 e. The van der Waals surface area contributed by atoms with Crippen molar-refractivity contribution in [2.24, 2.45) is 0 Å². The largest absolute Gasteiger partial charge is 0.352 e. The summed E-state index contributed by atoms with van der Waals surface area (Å²) in [6.07, 6.45) is 3.33. The first-order valence-corrected chi connectivity index (χ1v) is 7.94. The van der Waals surface area contributed by atoms with Gasteiger partial charge in [0.2, 0.25) is 0 Å². The van der Waals surface area contributed by atoms with Crippen molar-refractivity contribution in [2.75, 3.05) is 32.8 Å². The van der Waals surface area contributed by atoms with Crippen LogP contribution in [0, 0.1) is 6.92 Å². The Bertz CT molecular complexity index is 464. The highest BCUT2D eigenvalue weighted by atomic mass is 16.7. The molecule has 0 spiro atoms. The lowest BCUT2D eigenvalue weighted by Crippen LogP contribution is -2.38. The van der Waals surface area contributed by atoms with Gasteiger partial charge in [-0.15, -0.1) is 0 Å². The van der Waals surface area contributed by atoms with Crippen LogP contribution in [0.1, 0.15) is 31.4 Å². The maximum Gasteiger partial charge on any atom is 0.170 e. The fourth-order valence-corrected chi connectivity index (χ4v) is 2.72. The van der Waals surface area contributed by atoms with Gasteiger partial charge in [-0.05, 0) is 38.3 Å². The van der Waals surface area contributed by atoms with Crippen molar-refractivity contribution in [3.05, 3.63) is 41.5 Å². The van der Waals surface area contributed by atoms with Gasteiger partial charge >= 0.3 is 0 Å². The second-order valence-electron chi connectivity index (χ2n) is 5.45. The SMILES string of the molecule is CCOC(CN1CC=C(c2cccc(C)c2)CC1)OCC. The van der Waals surface area contributed by atoms with Crippen LogP contribution in [0.5, 0.6) is 0 Å². The standard InChI is InChI=1S/C18H27NO2/c1-4-20-18(21-5-2)14-19-11-9-16(10-12-19)17-8-6-7-15(3)13-17/h6-9,13,18H,4-5,10-12,14H2,1-3H3. The van der Waals surface area contributed by atoms with Gasteiger partial charge in [0.25, 0.3) is 0 Å². The van der Waals surface area contributed by atoms with Gasteiger partial charge in [-0.25, -0.2) is 0 Å². The molecule has 0 saturated carbocycles. The van der Waals surface area contributed by atoms with Crippen LogP contribution in [-0.2, 0) is 9.47 Å². The molecular weight excluding hydrogens is 262 g/mol. The van der Waals surface area contributed by atoms with Gasteiger partial charge in [-0.1, -0.05) is 35.9 Å². The molecule has 3 heteroatoms. The van der Waals surface area contributed by atoms with E-state index in [1.807, 2.05) is 13.8 Å². The highest BCUT2D eigenvalue weighted by Gasteiger charge is 2.17. The van der Waals surface area contributed by atoms with Crippen molar-refractivity contribution in [3.63, 3.8) is 0 Å².